The molecule has 4 heteroatoms. The lowest BCUT2D eigenvalue weighted by molar-refractivity contribution is -0.155. The average molecular weight is 159 g/mol. The first-order valence-corrected chi connectivity index (χ1v) is 3.63. The molecule has 4 nitrogen and oxygen atoms in total. The summed E-state index contributed by atoms with van der Waals surface area (Å²) in [7, 11) is 1.82. The average Bonchev–Trinajstić information content (AvgIpc) is 1.82. The van der Waals surface area contributed by atoms with Gasteiger partial charge in [-0.2, -0.15) is 0 Å². The van der Waals surface area contributed by atoms with Crippen molar-refractivity contribution in [3.63, 3.8) is 0 Å². The van der Waals surface area contributed by atoms with Crippen molar-refractivity contribution in [2.75, 3.05) is 26.8 Å². The van der Waals surface area contributed by atoms with Gasteiger partial charge in [0, 0.05) is 12.0 Å². The molecule has 0 aromatic carbocycles. The Balaban J connectivity index is 2.39. The highest BCUT2D eigenvalue weighted by molar-refractivity contribution is 5.68. The van der Waals surface area contributed by atoms with E-state index < -0.39 is 5.97 Å². The van der Waals surface area contributed by atoms with Gasteiger partial charge in [-0.3, -0.25) is 4.79 Å². The summed E-state index contributed by atoms with van der Waals surface area (Å²) in [6, 6.07) is 0. The zero-order valence-corrected chi connectivity index (χ0v) is 6.59. The SMILES string of the molecule is CNCC1(CC(=O)O)COC1. The van der Waals surface area contributed by atoms with Crippen molar-refractivity contribution in [1.82, 2.24) is 5.32 Å². The zero-order chi connectivity index (χ0) is 8.32. The molecule has 0 atom stereocenters. The van der Waals surface area contributed by atoms with Gasteiger partial charge in [0.25, 0.3) is 0 Å². The first-order valence-electron chi connectivity index (χ1n) is 3.63. The minimum Gasteiger partial charge on any atom is -0.481 e. The summed E-state index contributed by atoms with van der Waals surface area (Å²) in [5, 5.41) is 11.5. The van der Waals surface area contributed by atoms with E-state index in [1.807, 2.05) is 7.05 Å². The topological polar surface area (TPSA) is 58.6 Å². The maximum atomic E-state index is 10.4. The number of aliphatic carboxylic acids is 1. The van der Waals surface area contributed by atoms with Crippen molar-refractivity contribution in [3.05, 3.63) is 0 Å². The van der Waals surface area contributed by atoms with Gasteiger partial charge >= 0.3 is 5.97 Å². The van der Waals surface area contributed by atoms with Gasteiger partial charge in [0.15, 0.2) is 0 Å². The molecule has 64 valence electrons. The van der Waals surface area contributed by atoms with E-state index in [1.165, 1.54) is 0 Å². The van der Waals surface area contributed by atoms with Crippen LogP contribution in [0.2, 0.25) is 0 Å². The third-order valence-corrected chi connectivity index (χ3v) is 1.89. The fourth-order valence-electron chi connectivity index (χ4n) is 1.35. The van der Waals surface area contributed by atoms with Gasteiger partial charge in [0.05, 0.1) is 19.6 Å². The number of carboxylic acid groups (broad SMARTS) is 1. The Labute approximate surface area is 65.5 Å². The number of carboxylic acids is 1. The second-order valence-electron chi connectivity index (χ2n) is 3.09. The Kier molecular flexibility index (Phi) is 2.46. The quantitative estimate of drug-likeness (QED) is 0.591. The van der Waals surface area contributed by atoms with Crippen LogP contribution in [0.4, 0.5) is 0 Å². The number of hydrogen-bond acceptors (Lipinski definition) is 3. The van der Waals surface area contributed by atoms with E-state index in [0.29, 0.717) is 13.2 Å². The fourth-order valence-corrected chi connectivity index (χ4v) is 1.35. The minimum absolute atomic E-state index is 0.138. The molecule has 0 unspecified atom stereocenters. The Morgan fingerprint density at radius 2 is 2.36 bits per heavy atom. The predicted molar refractivity (Wildman–Crippen MR) is 39.4 cm³/mol. The zero-order valence-electron chi connectivity index (χ0n) is 6.59. The van der Waals surface area contributed by atoms with Gasteiger partial charge in [0.1, 0.15) is 0 Å². The standard InChI is InChI=1S/C7H13NO3/c1-8-3-7(2-6(9)10)4-11-5-7/h8H,2-5H2,1H3,(H,9,10). The van der Waals surface area contributed by atoms with Gasteiger partial charge in [0.2, 0.25) is 0 Å². The third kappa shape index (κ3) is 1.91. The molecule has 0 saturated carbocycles. The molecule has 2 N–H and O–H groups in total. The van der Waals surface area contributed by atoms with E-state index in [-0.39, 0.29) is 11.8 Å². The van der Waals surface area contributed by atoms with Crippen LogP contribution in [0, 0.1) is 5.41 Å². The Bertz CT molecular complexity index is 154. The molecule has 0 aromatic heterocycles. The monoisotopic (exact) mass is 159 g/mol. The van der Waals surface area contributed by atoms with Crippen LogP contribution in [0.15, 0.2) is 0 Å². The molecule has 1 aliphatic rings. The number of rotatable bonds is 4. The van der Waals surface area contributed by atoms with Gasteiger partial charge in [-0.05, 0) is 7.05 Å². The Hall–Kier alpha value is -0.610. The van der Waals surface area contributed by atoms with Crippen LogP contribution in [0.25, 0.3) is 0 Å². The summed E-state index contributed by atoms with van der Waals surface area (Å²) in [5.41, 5.74) is -0.138. The molecule has 1 rings (SSSR count). The van der Waals surface area contributed by atoms with E-state index in [4.69, 9.17) is 9.84 Å². The van der Waals surface area contributed by atoms with Crippen molar-refractivity contribution >= 4 is 5.97 Å². The number of nitrogens with one attached hydrogen (secondary N) is 1. The highest BCUT2D eigenvalue weighted by atomic mass is 16.5. The molecule has 0 spiro atoms. The minimum atomic E-state index is -0.747. The smallest absolute Gasteiger partial charge is 0.304 e. The van der Waals surface area contributed by atoms with Crippen LogP contribution in [-0.4, -0.2) is 37.9 Å². The van der Waals surface area contributed by atoms with Gasteiger partial charge in [-0.25, -0.2) is 0 Å². The molecule has 1 saturated heterocycles. The number of carbonyl (C=O) groups is 1. The lowest BCUT2D eigenvalue weighted by Crippen LogP contribution is -2.50. The first-order chi connectivity index (χ1) is 5.18. The van der Waals surface area contributed by atoms with E-state index in [2.05, 4.69) is 5.32 Å². The van der Waals surface area contributed by atoms with E-state index in [1.54, 1.807) is 0 Å². The van der Waals surface area contributed by atoms with E-state index >= 15 is 0 Å². The molecule has 0 aromatic rings. The lowest BCUT2D eigenvalue weighted by atomic mass is 9.82. The highest BCUT2D eigenvalue weighted by Gasteiger charge is 2.39. The molecule has 0 bridgehead atoms. The summed E-state index contributed by atoms with van der Waals surface area (Å²) in [6.45, 7) is 1.86. The molecule has 1 aliphatic heterocycles. The maximum Gasteiger partial charge on any atom is 0.304 e. The molecular weight excluding hydrogens is 146 g/mol. The summed E-state index contributed by atoms with van der Waals surface area (Å²) < 4.78 is 4.99. The molecule has 0 aliphatic carbocycles. The first kappa shape index (κ1) is 8.49. The fraction of sp³-hybridized carbons (Fsp3) is 0.857. The molecule has 11 heavy (non-hydrogen) atoms. The van der Waals surface area contributed by atoms with Crippen molar-refractivity contribution < 1.29 is 14.6 Å². The van der Waals surface area contributed by atoms with Crippen LogP contribution in [0.1, 0.15) is 6.42 Å². The lowest BCUT2D eigenvalue weighted by Gasteiger charge is -2.40. The Morgan fingerprint density at radius 1 is 1.73 bits per heavy atom. The van der Waals surface area contributed by atoms with Crippen LogP contribution >= 0.6 is 0 Å². The largest absolute Gasteiger partial charge is 0.481 e. The van der Waals surface area contributed by atoms with Gasteiger partial charge in [-0.1, -0.05) is 0 Å². The van der Waals surface area contributed by atoms with Crippen molar-refractivity contribution in [1.29, 1.82) is 0 Å². The van der Waals surface area contributed by atoms with E-state index in [9.17, 15) is 4.79 Å². The summed E-state index contributed by atoms with van der Waals surface area (Å²) in [6.07, 6.45) is 0.202. The third-order valence-electron chi connectivity index (χ3n) is 1.89. The van der Waals surface area contributed by atoms with Gasteiger partial charge < -0.3 is 15.2 Å². The second kappa shape index (κ2) is 3.19. The van der Waals surface area contributed by atoms with Crippen LogP contribution in [0.3, 0.4) is 0 Å². The molecule has 0 radical (unpaired) electrons. The van der Waals surface area contributed by atoms with Crippen LogP contribution in [0.5, 0.6) is 0 Å². The number of ether oxygens (including phenoxy) is 1. The van der Waals surface area contributed by atoms with Crippen molar-refractivity contribution in [3.8, 4) is 0 Å². The maximum absolute atomic E-state index is 10.4. The van der Waals surface area contributed by atoms with Gasteiger partial charge in [-0.15, -0.1) is 0 Å². The molecule has 1 fully saturated rings. The summed E-state index contributed by atoms with van der Waals surface area (Å²) in [4.78, 5) is 10.4. The molecule has 0 amide bonds. The highest BCUT2D eigenvalue weighted by Crippen LogP contribution is 2.30. The van der Waals surface area contributed by atoms with Crippen LogP contribution in [-0.2, 0) is 9.53 Å². The number of hydrogen-bond donors (Lipinski definition) is 2. The Morgan fingerprint density at radius 3 is 2.64 bits per heavy atom. The summed E-state index contributed by atoms with van der Waals surface area (Å²) >= 11 is 0. The molecule has 1 heterocycles. The second-order valence-corrected chi connectivity index (χ2v) is 3.09. The van der Waals surface area contributed by atoms with Crippen LogP contribution < -0.4 is 5.32 Å². The normalized spacial score (nSPS) is 20.8. The molecular formula is C7H13NO3. The van der Waals surface area contributed by atoms with Crippen molar-refractivity contribution in [2.45, 2.75) is 6.42 Å². The van der Waals surface area contributed by atoms with Crippen molar-refractivity contribution in [2.24, 2.45) is 5.41 Å². The summed E-state index contributed by atoms with van der Waals surface area (Å²) in [5.74, 6) is -0.747. The van der Waals surface area contributed by atoms with E-state index in [0.717, 1.165) is 6.54 Å². The predicted octanol–water partition coefficient (Wildman–Crippen LogP) is -0.303.